The van der Waals surface area contributed by atoms with Gasteiger partial charge in [-0.3, -0.25) is 9.59 Å². The lowest BCUT2D eigenvalue weighted by Gasteiger charge is -2.22. The minimum absolute atomic E-state index is 0.0952. The van der Waals surface area contributed by atoms with Crippen molar-refractivity contribution in [1.82, 2.24) is 10.6 Å². The molecule has 1 aromatic carbocycles. The molecule has 0 saturated carbocycles. The number of rotatable bonds is 3. The van der Waals surface area contributed by atoms with Crippen molar-refractivity contribution in [2.24, 2.45) is 0 Å². The molecule has 1 aliphatic heterocycles. The van der Waals surface area contributed by atoms with Crippen molar-refractivity contribution in [3.8, 4) is 0 Å². The van der Waals surface area contributed by atoms with E-state index in [1.807, 2.05) is 12.1 Å². The van der Waals surface area contributed by atoms with Crippen LogP contribution in [-0.2, 0) is 16.0 Å². The monoisotopic (exact) mass is 247 g/mol. The van der Waals surface area contributed by atoms with E-state index in [9.17, 15) is 9.59 Å². The number of carbonyl (C=O) groups excluding carboxylic acids is 2. The van der Waals surface area contributed by atoms with E-state index < -0.39 is 6.04 Å². The summed E-state index contributed by atoms with van der Waals surface area (Å²) in [5, 5.41) is 5.48. The Balaban J connectivity index is 1.90. The minimum Gasteiger partial charge on any atom is -0.399 e. The molecule has 1 unspecified atom stereocenters. The zero-order valence-electron chi connectivity index (χ0n) is 10.1. The summed E-state index contributed by atoms with van der Waals surface area (Å²) in [6.07, 6.45) is 1.85. The van der Waals surface area contributed by atoms with Gasteiger partial charge in [0.2, 0.25) is 11.8 Å². The van der Waals surface area contributed by atoms with Crippen molar-refractivity contribution >= 4 is 17.5 Å². The van der Waals surface area contributed by atoms with Crippen LogP contribution in [-0.4, -0.2) is 24.4 Å². The van der Waals surface area contributed by atoms with Gasteiger partial charge < -0.3 is 16.4 Å². The van der Waals surface area contributed by atoms with E-state index in [0.717, 1.165) is 12.0 Å². The van der Waals surface area contributed by atoms with Crippen LogP contribution in [0.3, 0.4) is 0 Å². The van der Waals surface area contributed by atoms with Gasteiger partial charge in [0.15, 0.2) is 0 Å². The average Bonchev–Trinajstić information content (AvgIpc) is 2.32. The molecule has 1 heterocycles. The molecule has 2 rings (SSSR count). The van der Waals surface area contributed by atoms with E-state index in [0.29, 0.717) is 18.7 Å². The van der Waals surface area contributed by atoms with Crippen molar-refractivity contribution in [1.29, 1.82) is 0 Å². The molecule has 0 aromatic heterocycles. The predicted octanol–water partition coefficient (Wildman–Crippen LogP) is 0.206. The number of anilines is 1. The third-order valence-electron chi connectivity index (χ3n) is 2.94. The maximum atomic E-state index is 11.8. The lowest BCUT2D eigenvalue weighted by atomic mass is 10.1. The maximum Gasteiger partial charge on any atom is 0.242 e. The van der Waals surface area contributed by atoms with Crippen LogP contribution in [0.2, 0.25) is 0 Å². The summed E-state index contributed by atoms with van der Waals surface area (Å²) in [7, 11) is 0. The molecule has 2 amide bonds. The Hall–Kier alpha value is -2.04. The molecule has 0 bridgehead atoms. The van der Waals surface area contributed by atoms with Gasteiger partial charge in [0.1, 0.15) is 6.04 Å². The number of nitrogens with two attached hydrogens (primary N) is 1. The molecule has 0 spiro atoms. The third kappa shape index (κ3) is 3.23. The zero-order valence-corrected chi connectivity index (χ0v) is 10.1. The number of amides is 2. The Morgan fingerprint density at radius 3 is 3.06 bits per heavy atom. The van der Waals surface area contributed by atoms with Crippen LogP contribution >= 0.6 is 0 Å². The number of nitrogens with one attached hydrogen (secondary N) is 2. The fourth-order valence-corrected chi connectivity index (χ4v) is 2.04. The molecule has 1 fully saturated rings. The Labute approximate surface area is 106 Å². The molecule has 5 heteroatoms. The fraction of sp³-hybridized carbons (Fsp3) is 0.385. The summed E-state index contributed by atoms with van der Waals surface area (Å²) in [6, 6.07) is 6.80. The van der Waals surface area contributed by atoms with Gasteiger partial charge >= 0.3 is 0 Å². The van der Waals surface area contributed by atoms with Gasteiger partial charge in [-0.2, -0.15) is 0 Å². The van der Waals surface area contributed by atoms with Crippen LogP contribution in [0, 0.1) is 0 Å². The first kappa shape index (κ1) is 12.4. The van der Waals surface area contributed by atoms with Gasteiger partial charge in [-0.15, -0.1) is 0 Å². The second-order valence-electron chi connectivity index (χ2n) is 4.48. The summed E-state index contributed by atoms with van der Waals surface area (Å²) in [6.45, 7) is 0.695. The number of piperidine rings is 1. The van der Waals surface area contributed by atoms with Gasteiger partial charge in [-0.25, -0.2) is 0 Å². The molecule has 0 aliphatic carbocycles. The van der Waals surface area contributed by atoms with Gasteiger partial charge in [0.25, 0.3) is 0 Å². The standard InChI is InChI=1S/C13H17N3O2/c14-10-4-1-3-9(7-10)8-12(17)16-11-5-2-6-15-13(11)18/h1,3-4,7,11H,2,5-6,8,14H2,(H,15,18)(H,16,17). The van der Waals surface area contributed by atoms with E-state index in [4.69, 9.17) is 5.73 Å². The summed E-state index contributed by atoms with van der Waals surface area (Å²) < 4.78 is 0. The van der Waals surface area contributed by atoms with Crippen LogP contribution in [0.15, 0.2) is 24.3 Å². The smallest absolute Gasteiger partial charge is 0.242 e. The first-order valence-corrected chi connectivity index (χ1v) is 6.06. The molecule has 1 saturated heterocycles. The van der Waals surface area contributed by atoms with E-state index in [2.05, 4.69) is 10.6 Å². The Morgan fingerprint density at radius 2 is 2.33 bits per heavy atom. The molecule has 0 radical (unpaired) electrons. The SMILES string of the molecule is Nc1cccc(CC(=O)NC2CCCNC2=O)c1. The molecule has 1 aliphatic rings. The van der Waals surface area contributed by atoms with Crippen LogP contribution in [0.4, 0.5) is 5.69 Å². The molecular weight excluding hydrogens is 230 g/mol. The van der Waals surface area contributed by atoms with E-state index in [-0.39, 0.29) is 18.2 Å². The van der Waals surface area contributed by atoms with Crippen molar-refractivity contribution in [2.75, 3.05) is 12.3 Å². The van der Waals surface area contributed by atoms with Crippen LogP contribution in [0.5, 0.6) is 0 Å². The minimum atomic E-state index is -0.396. The first-order chi connectivity index (χ1) is 8.65. The third-order valence-corrected chi connectivity index (χ3v) is 2.94. The van der Waals surface area contributed by atoms with Gasteiger partial charge in [0.05, 0.1) is 6.42 Å². The Kier molecular flexibility index (Phi) is 3.82. The van der Waals surface area contributed by atoms with Gasteiger partial charge in [-0.1, -0.05) is 12.1 Å². The highest BCUT2D eigenvalue weighted by atomic mass is 16.2. The lowest BCUT2D eigenvalue weighted by molar-refractivity contribution is -0.129. The van der Waals surface area contributed by atoms with E-state index >= 15 is 0 Å². The zero-order chi connectivity index (χ0) is 13.0. The van der Waals surface area contributed by atoms with E-state index in [1.54, 1.807) is 12.1 Å². The second kappa shape index (κ2) is 5.53. The Bertz CT molecular complexity index is 459. The topological polar surface area (TPSA) is 84.2 Å². The quantitative estimate of drug-likeness (QED) is 0.667. The average molecular weight is 247 g/mol. The Morgan fingerprint density at radius 1 is 1.50 bits per heavy atom. The summed E-state index contributed by atoms with van der Waals surface area (Å²) in [5.41, 5.74) is 7.13. The molecule has 1 aromatic rings. The molecule has 5 nitrogen and oxygen atoms in total. The van der Waals surface area contributed by atoms with Crippen LogP contribution in [0.25, 0.3) is 0 Å². The van der Waals surface area contributed by atoms with E-state index in [1.165, 1.54) is 0 Å². The maximum absolute atomic E-state index is 11.8. The van der Waals surface area contributed by atoms with Gasteiger partial charge in [0, 0.05) is 12.2 Å². The second-order valence-corrected chi connectivity index (χ2v) is 4.48. The van der Waals surface area contributed by atoms with Crippen LogP contribution in [0.1, 0.15) is 18.4 Å². The first-order valence-electron chi connectivity index (χ1n) is 6.06. The largest absolute Gasteiger partial charge is 0.399 e. The highest BCUT2D eigenvalue weighted by molar-refractivity contribution is 5.88. The number of nitrogen functional groups attached to an aromatic ring is 1. The summed E-state index contributed by atoms with van der Waals surface area (Å²) >= 11 is 0. The summed E-state index contributed by atoms with van der Waals surface area (Å²) in [5.74, 6) is -0.246. The highest BCUT2D eigenvalue weighted by Gasteiger charge is 2.23. The van der Waals surface area contributed by atoms with Gasteiger partial charge in [-0.05, 0) is 30.5 Å². The summed E-state index contributed by atoms with van der Waals surface area (Å²) in [4.78, 5) is 23.3. The number of carbonyl (C=O) groups is 2. The molecule has 18 heavy (non-hydrogen) atoms. The van der Waals surface area contributed by atoms with Crippen molar-refractivity contribution in [3.05, 3.63) is 29.8 Å². The number of hydrogen-bond acceptors (Lipinski definition) is 3. The van der Waals surface area contributed by atoms with Crippen molar-refractivity contribution in [2.45, 2.75) is 25.3 Å². The lowest BCUT2D eigenvalue weighted by Crippen LogP contribution is -2.50. The van der Waals surface area contributed by atoms with Crippen LogP contribution < -0.4 is 16.4 Å². The molecular formula is C13H17N3O2. The number of hydrogen-bond donors (Lipinski definition) is 3. The molecule has 1 atom stereocenters. The fourth-order valence-electron chi connectivity index (χ4n) is 2.04. The van der Waals surface area contributed by atoms with Crippen molar-refractivity contribution in [3.63, 3.8) is 0 Å². The molecule has 4 N–H and O–H groups in total. The number of benzene rings is 1. The predicted molar refractivity (Wildman–Crippen MR) is 68.7 cm³/mol. The normalized spacial score (nSPS) is 19.1. The highest BCUT2D eigenvalue weighted by Crippen LogP contribution is 2.08. The molecule has 96 valence electrons. The van der Waals surface area contributed by atoms with Crippen molar-refractivity contribution < 1.29 is 9.59 Å².